The van der Waals surface area contributed by atoms with Gasteiger partial charge in [-0.3, -0.25) is 9.69 Å². The first-order valence-electron chi connectivity index (χ1n) is 13.9. The van der Waals surface area contributed by atoms with Crippen molar-refractivity contribution in [2.45, 2.75) is 51.4 Å². The lowest BCUT2D eigenvalue weighted by atomic mass is 10.0. The molecule has 0 amide bonds. The molecule has 0 bridgehead atoms. The third-order valence-corrected chi connectivity index (χ3v) is 6.98. The van der Waals surface area contributed by atoms with Crippen LogP contribution in [0, 0.1) is 0 Å². The summed E-state index contributed by atoms with van der Waals surface area (Å²) in [4.78, 5) is 13.4. The normalized spacial score (nSPS) is 11.9. The summed E-state index contributed by atoms with van der Waals surface area (Å²) in [6.45, 7) is 2.90. The molecule has 0 saturated carbocycles. The zero-order valence-corrected chi connectivity index (χ0v) is 22.6. The molecule has 0 aromatic heterocycles. The molecule has 1 unspecified atom stereocenters. The summed E-state index contributed by atoms with van der Waals surface area (Å²) in [6, 6.07) is 40.2. The van der Waals surface area contributed by atoms with Crippen LogP contribution < -0.4 is 0 Å². The van der Waals surface area contributed by atoms with E-state index in [0.717, 1.165) is 50.0 Å². The molecule has 1 N–H and O–H groups in total. The van der Waals surface area contributed by atoms with Crippen molar-refractivity contribution in [1.29, 1.82) is 0 Å². The smallest absolute Gasteiger partial charge is 0.303 e. The SMILES string of the molecule is O=C(O)CCCCN(Cc1ccccc1)CC(OCc1ccc(CCc2ccccc2)cc1)c1ccccc1. The molecule has 4 heteroatoms. The Morgan fingerprint density at radius 3 is 1.82 bits per heavy atom. The van der Waals surface area contributed by atoms with E-state index < -0.39 is 5.97 Å². The lowest BCUT2D eigenvalue weighted by molar-refractivity contribution is -0.137. The summed E-state index contributed by atoms with van der Waals surface area (Å²) in [5, 5.41) is 9.05. The number of benzene rings is 4. The molecule has 0 spiro atoms. The largest absolute Gasteiger partial charge is 0.481 e. The second-order valence-electron chi connectivity index (χ2n) is 10.1. The highest BCUT2D eigenvalue weighted by molar-refractivity contribution is 5.66. The molecule has 4 aromatic carbocycles. The molecule has 0 aliphatic rings. The minimum atomic E-state index is -0.735. The number of unbranched alkanes of at least 4 members (excludes halogenated alkanes) is 1. The van der Waals surface area contributed by atoms with Gasteiger partial charge in [0.25, 0.3) is 0 Å². The van der Waals surface area contributed by atoms with Crippen LogP contribution in [0.4, 0.5) is 0 Å². The maximum absolute atomic E-state index is 11.0. The third-order valence-electron chi connectivity index (χ3n) is 6.98. The van der Waals surface area contributed by atoms with Crippen LogP contribution in [0.2, 0.25) is 0 Å². The number of carboxylic acid groups (broad SMARTS) is 1. The van der Waals surface area contributed by atoms with Crippen LogP contribution in [0.25, 0.3) is 0 Å². The van der Waals surface area contributed by atoms with Gasteiger partial charge in [-0.1, -0.05) is 115 Å². The Balaban J connectivity index is 1.39. The predicted octanol–water partition coefficient (Wildman–Crippen LogP) is 7.49. The van der Waals surface area contributed by atoms with Crippen LogP contribution in [0.15, 0.2) is 115 Å². The lowest BCUT2D eigenvalue weighted by Gasteiger charge is -2.28. The van der Waals surface area contributed by atoms with Gasteiger partial charge in [-0.25, -0.2) is 0 Å². The van der Waals surface area contributed by atoms with Crippen LogP contribution in [0.5, 0.6) is 0 Å². The molecule has 0 aliphatic carbocycles. The number of aliphatic carboxylic acids is 1. The van der Waals surface area contributed by atoms with Crippen molar-refractivity contribution < 1.29 is 14.6 Å². The zero-order chi connectivity index (χ0) is 27.1. The second-order valence-corrected chi connectivity index (χ2v) is 10.1. The van der Waals surface area contributed by atoms with Gasteiger partial charge < -0.3 is 9.84 Å². The molecular formula is C35H39NO3. The van der Waals surface area contributed by atoms with E-state index in [1.165, 1.54) is 16.7 Å². The first kappa shape index (κ1) is 28.3. The fraction of sp³-hybridized carbons (Fsp3) is 0.286. The summed E-state index contributed by atoms with van der Waals surface area (Å²) in [5.41, 5.74) is 6.25. The monoisotopic (exact) mass is 521 g/mol. The van der Waals surface area contributed by atoms with E-state index in [0.29, 0.717) is 13.0 Å². The average Bonchev–Trinajstić information content (AvgIpc) is 2.98. The molecule has 0 fully saturated rings. The molecule has 0 radical (unpaired) electrons. The molecule has 4 nitrogen and oxygen atoms in total. The highest BCUT2D eigenvalue weighted by Crippen LogP contribution is 2.23. The quantitative estimate of drug-likeness (QED) is 0.155. The first-order valence-corrected chi connectivity index (χ1v) is 13.9. The Hall–Kier alpha value is -3.73. The van der Waals surface area contributed by atoms with Gasteiger partial charge >= 0.3 is 5.97 Å². The molecule has 39 heavy (non-hydrogen) atoms. The summed E-state index contributed by atoms with van der Waals surface area (Å²) in [7, 11) is 0. The van der Waals surface area contributed by atoms with Crippen LogP contribution in [0.1, 0.15) is 53.2 Å². The highest BCUT2D eigenvalue weighted by Gasteiger charge is 2.18. The van der Waals surface area contributed by atoms with E-state index >= 15 is 0 Å². The number of carboxylic acids is 1. The Bertz CT molecular complexity index is 1230. The van der Waals surface area contributed by atoms with Gasteiger partial charge in [-0.15, -0.1) is 0 Å². The summed E-state index contributed by atoms with van der Waals surface area (Å²) < 4.78 is 6.56. The third kappa shape index (κ3) is 10.2. The Labute approximate surface area is 232 Å². The van der Waals surface area contributed by atoms with Gasteiger partial charge in [0.05, 0.1) is 12.7 Å². The minimum absolute atomic E-state index is 0.0906. The van der Waals surface area contributed by atoms with E-state index in [1.807, 2.05) is 12.1 Å². The number of nitrogens with zero attached hydrogens (tertiary/aromatic N) is 1. The highest BCUT2D eigenvalue weighted by atomic mass is 16.5. The van der Waals surface area contributed by atoms with Gasteiger partial charge in [0, 0.05) is 19.5 Å². The van der Waals surface area contributed by atoms with Crippen molar-refractivity contribution in [3.8, 4) is 0 Å². The number of hydrogen-bond acceptors (Lipinski definition) is 3. The van der Waals surface area contributed by atoms with Crippen LogP contribution in [0.3, 0.4) is 0 Å². The molecule has 4 aromatic rings. The Morgan fingerprint density at radius 1 is 0.667 bits per heavy atom. The molecule has 202 valence electrons. The van der Waals surface area contributed by atoms with Gasteiger partial charge in [0.15, 0.2) is 0 Å². The molecule has 0 heterocycles. The number of rotatable bonds is 16. The van der Waals surface area contributed by atoms with Crippen molar-refractivity contribution in [2.75, 3.05) is 13.1 Å². The fourth-order valence-electron chi connectivity index (χ4n) is 4.78. The molecule has 0 saturated heterocycles. The molecule has 4 rings (SSSR count). The maximum Gasteiger partial charge on any atom is 0.303 e. The Morgan fingerprint density at radius 2 is 1.21 bits per heavy atom. The van der Waals surface area contributed by atoms with Crippen molar-refractivity contribution in [2.24, 2.45) is 0 Å². The van der Waals surface area contributed by atoms with Gasteiger partial charge in [-0.05, 0) is 60.0 Å². The molecular weight excluding hydrogens is 482 g/mol. The minimum Gasteiger partial charge on any atom is -0.481 e. The number of hydrogen-bond donors (Lipinski definition) is 1. The average molecular weight is 522 g/mol. The van der Waals surface area contributed by atoms with E-state index in [9.17, 15) is 4.79 Å². The molecule has 1 atom stereocenters. The number of aryl methyl sites for hydroxylation is 2. The predicted molar refractivity (Wildman–Crippen MR) is 157 cm³/mol. The summed E-state index contributed by atoms with van der Waals surface area (Å²) >= 11 is 0. The van der Waals surface area contributed by atoms with Crippen molar-refractivity contribution in [3.05, 3.63) is 143 Å². The maximum atomic E-state index is 11.0. The topological polar surface area (TPSA) is 49.8 Å². The van der Waals surface area contributed by atoms with Crippen molar-refractivity contribution in [1.82, 2.24) is 4.90 Å². The van der Waals surface area contributed by atoms with E-state index in [2.05, 4.69) is 108 Å². The number of carbonyl (C=O) groups is 1. The van der Waals surface area contributed by atoms with Gasteiger partial charge in [0.1, 0.15) is 0 Å². The van der Waals surface area contributed by atoms with Crippen LogP contribution in [-0.2, 0) is 35.5 Å². The van der Waals surface area contributed by atoms with E-state index in [-0.39, 0.29) is 12.5 Å². The van der Waals surface area contributed by atoms with Gasteiger partial charge in [0.2, 0.25) is 0 Å². The molecule has 0 aliphatic heterocycles. The van der Waals surface area contributed by atoms with Crippen LogP contribution >= 0.6 is 0 Å². The standard InChI is InChI=1S/C35H39NO3/c37-35(38)18-10-11-25-36(26-31-14-6-2-7-15-31)27-34(33-16-8-3-9-17-33)39-28-32-23-21-30(22-24-32)20-19-29-12-4-1-5-13-29/h1-9,12-17,21-24,34H,10-11,18-20,25-28H2,(H,37,38). The Kier molecular flexibility index (Phi) is 11.3. The fourth-order valence-corrected chi connectivity index (χ4v) is 4.78. The summed E-state index contributed by atoms with van der Waals surface area (Å²) in [5.74, 6) is -0.735. The van der Waals surface area contributed by atoms with Crippen molar-refractivity contribution >= 4 is 5.97 Å². The lowest BCUT2D eigenvalue weighted by Crippen LogP contribution is -2.30. The second kappa shape index (κ2) is 15.6. The van der Waals surface area contributed by atoms with E-state index in [4.69, 9.17) is 9.84 Å². The van der Waals surface area contributed by atoms with Crippen molar-refractivity contribution in [3.63, 3.8) is 0 Å². The summed E-state index contributed by atoms with van der Waals surface area (Å²) in [6.07, 6.45) is 3.69. The van der Waals surface area contributed by atoms with Crippen LogP contribution in [-0.4, -0.2) is 29.1 Å². The van der Waals surface area contributed by atoms with Gasteiger partial charge in [-0.2, -0.15) is 0 Å². The first-order chi connectivity index (χ1) is 19.2. The number of ether oxygens (including phenoxy) is 1. The van der Waals surface area contributed by atoms with E-state index in [1.54, 1.807) is 0 Å². The zero-order valence-electron chi connectivity index (χ0n) is 22.6.